The van der Waals surface area contributed by atoms with Crippen LogP contribution in [0.5, 0.6) is 5.75 Å². The molecule has 1 aromatic heterocycles. The van der Waals surface area contributed by atoms with Crippen LogP contribution in [0.3, 0.4) is 0 Å². The highest BCUT2D eigenvalue weighted by molar-refractivity contribution is 5.79. The summed E-state index contributed by atoms with van der Waals surface area (Å²) in [4.78, 5) is 6.04. The van der Waals surface area contributed by atoms with E-state index in [9.17, 15) is 0 Å². The average molecular weight is 405 g/mol. The molecule has 2 fully saturated rings. The zero-order chi connectivity index (χ0) is 20.5. The van der Waals surface area contributed by atoms with Crippen LogP contribution in [0.25, 0.3) is 10.9 Å². The number of aromatic nitrogens is 1. The first kappa shape index (κ1) is 19.7. The molecule has 2 unspecified atom stereocenters. The number of nitrogens with one attached hydrogen (secondary N) is 1. The van der Waals surface area contributed by atoms with Crippen LogP contribution in [0.15, 0.2) is 48.7 Å². The molecule has 2 aromatic carbocycles. The first-order valence-electron chi connectivity index (χ1n) is 11.3. The van der Waals surface area contributed by atoms with Crippen LogP contribution in [0, 0.1) is 12.8 Å². The second-order valence-electron chi connectivity index (χ2n) is 9.17. The smallest absolute Gasteiger partial charge is 0.122 e. The van der Waals surface area contributed by atoms with Gasteiger partial charge in [-0.1, -0.05) is 18.2 Å². The Morgan fingerprint density at radius 1 is 1.03 bits per heavy atom. The van der Waals surface area contributed by atoms with Crippen molar-refractivity contribution in [2.24, 2.45) is 5.92 Å². The Bertz CT molecular complexity index is 997. The third-order valence-electron chi connectivity index (χ3n) is 7.09. The van der Waals surface area contributed by atoms with Crippen LogP contribution in [0.1, 0.15) is 42.4 Å². The number of rotatable bonds is 7. The van der Waals surface area contributed by atoms with Gasteiger partial charge in [-0.05, 0) is 91.3 Å². The number of nitrogens with zero attached hydrogens (tertiary/aromatic N) is 1. The molecule has 2 N–H and O–H groups in total. The van der Waals surface area contributed by atoms with Crippen molar-refractivity contribution in [3.63, 3.8) is 0 Å². The number of aliphatic hydroxyl groups excluding tert-OH is 1. The van der Waals surface area contributed by atoms with Crippen molar-refractivity contribution in [2.75, 3.05) is 13.2 Å². The minimum absolute atomic E-state index is 0.0539. The van der Waals surface area contributed by atoms with E-state index in [-0.39, 0.29) is 6.61 Å². The molecule has 0 aliphatic carbocycles. The maximum atomic E-state index is 9.06. The van der Waals surface area contributed by atoms with Gasteiger partial charge >= 0.3 is 0 Å². The van der Waals surface area contributed by atoms with Gasteiger partial charge in [0.2, 0.25) is 0 Å². The molecular formula is C26H32N2O2. The molecule has 0 saturated carbocycles. The Labute approximate surface area is 178 Å². The highest BCUT2D eigenvalue weighted by atomic mass is 16.5. The van der Waals surface area contributed by atoms with Crippen molar-refractivity contribution in [1.82, 2.24) is 9.88 Å². The third kappa shape index (κ3) is 3.99. The largest absolute Gasteiger partial charge is 0.491 e. The molecule has 30 heavy (non-hydrogen) atoms. The third-order valence-corrected chi connectivity index (χ3v) is 7.09. The molecule has 2 aliphatic heterocycles. The molecule has 4 nitrogen and oxygen atoms in total. The van der Waals surface area contributed by atoms with Crippen molar-refractivity contribution >= 4 is 10.9 Å². The number of ether oxygens (including phenoxy) is 1. The zero-order valence-corrected chi connectivity index (χ0v) is 17.8. The van der Waals surface area contributed by atoms with Crippen LogP contribution >= 0.6 is 0 Å². The summed E-state index contributed by atoms with van der Waals surface area (Å²) in [6, 6.07) is 17.0. The minimum Gasteiger partial charge on any atom is -0.491 e. The quantitative estimate of drug-likeness (QED) is 0.593. The number of fused-ring (bicyclic) bond motifs is 3. The number of piperidine rings is 1. The lowest BCUT2D eigenvalue weighted by Gasteiger charge is -2.39. The van der Waals surface area contributed by atoms with E-state index in [4.69, 9.17) is 9.84 Å². The molecule has 0 spiro atoms. The first-order valence-corrected chi connectivity index (χ1v) is 11.3. The van der Waals surface area contributed by atoms with Crippen molar-refractivity contribution in [3.05, 3.63) is 65.4 Å². The van der Waals surface area contributed by atoms with Gasteiger partial charge < -0.3 is 14.8 Å². The fourth-order valence-corrected chi connectivity index (χ4v) is 5.64. The number of hydrogen-bond donors (Lipinski definition) is 2. The molecule has 2 saturated heterocycles. The second-order valence-corrected chi connectivity index (χ2v) is 9.17. The summed E-state index contributed by atoms with van der Waals surface area (Å²) in [5, 5.41) is 10.4. The van der Waals surface area contributed by atoms with E-state index in [0.717, 1.165) is 23.8 Å². The Morgan fingerprint density at radius 3 is 2.63 bits per heavy atom. The minimum atomic E-state index is 0.0539. The molecule has 0 radical (unpaired) electrons. The lowest BCUT2D eigenvalue weighted by molar-refractivity contribution is 0.0960. The summed E-state index contributed by atoms with van der Waals surface area (Å²) >= 11 is 0. The monoisotopic (exact) mass is 404 g/mol. The van der Waals surface area contributed by atoms with Gasteiger partial charge in [0, 0.05) is 30.3 Å². The maximum Gasteiger partial charge on any atom is 0.122 e. The standard InChI is InChI=1S/C26H32N2O2/c1-18-2-3-20(16-26(18)30-11-10-29)17-28-23-5-6-24(28)15-21(14-23)12-19-4-7-25-22(13-19)8-9-27-25/h2-4,7-9,13,16,21,23-24,27,29H,5-6,10-12,14-15,17H2,1H3. The molecule has 0 amide bonds. The van der Waals surface area contributed by atoms with Crippen LogP contribution in [0.2, 0.25) is 0 Å². The van der Waals surface area contributed by atoms with E-state index in [1.807, 2.05) is 6.20 Å². The van der Waals surface area contributed by atoms with Gasteiger partial charge in [-0.2, -0.15) is 0 Å². The van der Waals surface area contributed by atoms with E-state index < -0.39 is 0 Å². The summed E-state index contributed by atoms with van der Waals surface area (Å²) in [6.45, 7) is 3.48. The Balaban J connectivity index is 1.24. The van der Waals surface area contributed by atoms with Gasteiger partial charge in [0.05, 0.1) is 6.61 Å². The van der Waals surface area contributed by atoms with E-state index in [1.54, 1.807) is 0 Å². The fraction of sp³-hybridized carbons (Fsp3) is 0.462. The topological polar surface area (TPSA) is 48.5 Å². The molecule has 3 aromatic rings. The number of aromatic amines is 1. The van der Waals surface area contributed by atoms with Gasteiger partial charge in [0.25, 0.3) is 0 Å². The average Bonchev–Trinajstić information content (AvgIpc) is 3.29. The van der Waals surface area contributed by atoms with Crippen molar-refractivity contribution < 1.29 is 9.84 Å². The summed E-state index contributed by atoms with van der Waals surface area (Å²) < 4.78 is 5.72. The van der Waals surface area contributed by atoms with Crippen LogP contribution in [0.4, 0.5) is 0 Å². The normalized spacial score (nSPS) is 23.9. The molecule has 3 heterocycles. The molecule has 158 valence electrons. The van der Waals surface area contributed by atoms with Crippen molar-refractivity contribution in [3.8, 4) is 5.75 Å². The number of aliphatic hydroxyl groups is 1. The second kappa shape index (κ2) is 8.44. The van der Waals surface area contributed by atoms with E-state index in [1.165, 1.54) is 54.1 Å². The van der Waals surface area contributed by atoms with Crippen molar-refractivity contribution in [2.45, 2.75) is 57.7 Å². The molecular weight excluding hydrogens is 372 g/mol. The molecule has 5 rings (SSSR count). The van der Waals surface area contributed by atoms with E-state index in [2.05, 4.69) is 59.3 Å². The predicted octanol–water partition coefficient (Wildman–Crippen LogP) is 4.83. The van der Waals surface area contributed by atoms with Gasteiger partial charge in [-0.25, -0.2) is 0 Å². The lowest BCUT2D eigenvalue weighted by atomic mass is 9.85. The highest BCUT2D eigenvalue weighted by Crippen LogP contribution is 2.41. The first-order chi connectivity index (χ1) is 14.7. The molecule has 4 heteroatoms. The number of H-pyrrole nitrogens is 1. The number of benzene rings is 2. The van der Waals surface area contributed by atoms with Crippen LogP contribution in [-0.2, 0) is 13.0 Å². The predicted molar refractivity (Wildman–Crippen MR) is 121 cm³/mol. The molecule has 2 aliphatic rings. The summed E-state index contributed by atoms with van der Waals surface area (Å²) in [7, 11) is 0. The summed E-state index contributed by atoms with van der Waals surface area (Å²) in [5.41, 5.74) is 5.16. The van der Waals surface area contributed by atoms with Gasteiger partial charge in [-0.3, -0.25) is 4.90 Å². The number of hydrogen-bond acceptors (Lipinski definition) is 3. The van der Waals surface area contributed by atoms with Crippen molar-refractivity contribution in [1.29, 1.82) is 0 Å². The van der Waals surface area contributed by atoms with E-state index >= 15 is 0 Å². The Morgan fingerprint density at radius 2 is 1.83 bits per heavy atom. The highest BCUT2D eigenvalue weighted by Gasteiger charge is 2.40. The summed E-state index contributed by atoms with van der Waals surface area (Å²) in [5.74, 6) is 1.69. The van der Waals surface area contributed by atoms with Gasteiger partial charge in [-0.15, -0.1) is 0 Å². The van der Waals surface area contributed by atoms with Gasteiger partial charge in [0.15, 0.2) is 0 Å². The summed E-state index contributed by atoms with van der Waals surface area (Å²) in [6.07, 6.45) is 8.50. The molecule has 2 atom stereocenters. The van der Waals surface area contributed by atoms with Crippen LogP contribution in [-0.4, -0.2) is 40.3 Å². The fourth-order valence-electron chi connectivity index (χ4n) is 5.64. The lowest BCUT2D eigenvalue weighted by Crippen LogP contribution is -2.42. The van der Waals surface area contributed by atoms with Crippen LogP contribution < -0.4 is 4.74 Å². The zero-order valence-electron chi connectivity index (χ0n) is 17.8. The Kier molecular flexibility index (Phi) is 5.53. The number of aryl methyl sites for hydroxylation is 1. The SMILES string of the molecule is Cc1ccc(CN2C3CCC2CC(Cc2ccc4[nH]ccc4c2)C3)cc1OCCO. The molecule has 2 bridgehead atoms. The van der Waals surface area contributed by atoms with Gasteiger partial charge in [0.1, 0.15) is 12.4 Å². The van der Waals surface area contributed by atoms with E-state index in [0.29, 0.717) is 18.7 Å². The Hall–Kier alpha value is -2.30. The maximum absolute atomic E-state index is 9.06.